The minimum atomic E-state index is 0.0238. The number of alkyl halides is 1. The van der Waals surface area contributed by atoms with Gasteiger partial charge in [-0.2, -0.15) is 0 Å². The minimum Gasteiger partial charge on any atom is -0.481 e. The maximum Gasteiger partial charge on any atom is 0.213 e. The molecule has 2 N–H and O–H groups in total. The molecule has 0 aliphatic rings. The second-order valence-corrected chi connectivity index (χ2v) is 11.4. The fourth-order valence-electron chi connectivity index (χ4n) is 2.48. The Kier molecular flexibility index (Phi) is 10.7. The summed E-state index contributed by atoms with van der Waals surface area (Å²) < 4.78 is 13.2. The van der Waals surface area contributed by atoms with E-state index >= 15 is 0 Å². The number of methoxy groups -OCH3 is 2. The van der Waals surface area contributed by atoms with Crippen molar-refractivity contribution in [3.63, 3.8) is 0 Å². The highest BCUT2D eigenvalue weighted by Gasteiger charge is 2.09. The van der Waals surface area contributed by atoms with Gasteiger partial charge in [-0.25, -0.2) is 19.5 Å². The molecule has 5 rings (SSSR count). The molecule has 0 aliphatic heterocycles. The van der Waals surface area contributed by atoms with Crippen LogP contribution in [0.3, 0.4) is 0 Å². The van der Waals surface area contributed by atoms with Crippen LogP contribution >= 0.6 is 70.5 Å². The highest BCUT2D eigenvalue weighted by Crippen LogP contribution is 2.25. The topological polar surface area (TPSA) is 143 Å². The van der Waals surface area contributed by atoms with Crippen LogP contribution in [0.2, 0.25) is 0 Å². The van der Waals surface area contributed by atoms with Gasteiger partial charge in [-0.1, -0.05) is 38.6 Å². The van der Waals surface area contributed by atoms with Crippen molar-refractivity contribution in [2.45, 2.75) is 0 Å². The van der Waals surface area contributed by atoms with E-state index in [1.54, 1.807) is 36.2 Å². The molecule has 5 heterocycles. The van der Waals surface area contributed by atoms with Crippen LogP contribution in [0.5, 0.6) is 11.8 Å². The lowest BCUT2D eigenvalue weighted by atomic mass is 10.2. The second kappa shape index (κ2) is 13.7. The highest BCUT2D eigenvalue weighted by molar-refractivity contribution is 9.11. The van der Waals surface area contributed by atoms with Crippen molar-refractivity contribution in [3.05, 3.63) is 56.3 Å². The molecule has 0 amide bonds. The summed E-state index contributed by atoms with van der Waals surface area (Å²) in [4.78, 5) is 24.4. The third kappa shape index (κ3) is 7.99. The Labute approximate surface area is 238 Å². The van der Waals surface area contributed by atoms with Gasteiger partial charge in [0.05, 0.1) is 31.4 Å². The fraction of sp³-hybridized carbons (Fsp3) is 0.150. The molecule has 0 saturated heterocycles. The van der Waals surface area contributed by atoms with E-state index in [0.29, 0.717) is 27.8 Å². The summed E-state index contributed by atoms with van der Waals surface area (Å²) in [6, 6.07) is 7.02. The van der Waals surface area contributed by atoms with Gasteiger partial charge in [-0.15, -0.1) is 15.3 Å². The molecular formula is C20H17Br3N8O3S2. The molecule has 0 bridgehead atoms. The molecular weight excluding hydrogens is 704 g/mol. The van der Waals surface area contributed by atoms with Gasteiger partial charge >= 0.3 is 0 Å². The first-order valence-electron chi connectivity index (χ1n) is 9.68. The SMILES string of the molecule is COc1cc(-c2cn3nc(Br)sc3n2)ccn1.COc1cc(C(=O)CBr)ccn1.Nc1nnc(Br)s1. The van der Waals surface area contributed by atoms with E-state index in [1.165, 1.54) is 29.8 Å². The molecule has 0 spiro atoms. The number of ether oxygens (including phenoxy) is 2. The zero-order valence-corrected chi connectivity index (χ0v) is 25.0. The molecule has 0 unspecified atom stereocenters. The Morgan fingerprint density at radius 2 is 1.72 bits per heavy atom. The van der Waals surface area contributed by atoms with Gasteiger partial charge in [0.15, 0.2) is 13.6 Å². The molecule has 0 saturated carbocycles. The molecule has 0 atom stereocenters. The van der Waals surface area contributed by atoms with Crippen molar-refractivity contribution >= 4 is 86.3 Å². The summed E-state index contributed by atoms with van der Waals surface area (Å²) in [6.07, 6.45) is 5.13. The normalized spacial score (nSPS) is 10.1. The van der Waals surface area contributed by atoms with Crippen molar-refractivity contribution in [3.8, 4) is 23.0 Å². The lowest BCUT2D eigenvalue weighted by molar-refractivity contribution is 0.102. The number of halogens is 3. The van der Waals surface area contributed by atoms with Crippen LogP contribution in [0.4, 0.5) is 5.13 Å². The zero-order valence-electron chi connectivity index (χ0n) is 18.6. The number of anilines is 1. The number of aromatic nitrogens is 7. The molecule has 0 radical (unpaired) electrons. The Hall–Kier alpha value is -2.53. The average Bonchev–Trinajstić information content (AvgIpc) is 3.58. The van der Waals surface area contributed by atoms with Gasteiger partial charge in [-0.3, -0.25) is 4.79 Å². The average molecular weight is 721 g/mol. The number of carbonyl (C=O) groups is 1. The van der Waals surface area contributed by atoms with Crippen molar-refractivity contribution in [1.29, 1.82) is 0 Å². The van der Waals surface area contributed by atoms with Crippen LogP contribution in [-0.4, -0.2) is 60.1 Å². The predicted octanol–water partition coefficient (Wildman–Crippen LogP) is 5.17. The molecule has 188 valence electrons. The Morgan fingerprint density at radius 1 is 1.03 bits per heavy atom. The lowest BCUT2D eigenvalue weighted by Gasteiger charge is -1.99. The van der Waals surface area contributed by atoms with E-state index in [2.05, 4.69) is 78.0 Å². The van der Waals surface area contributed by atoms with Crippen LogP contribution in [0.15, 0.2) is 50.7 Å². The first kappa shape index (κ1) is 28.0. The first-order valence-corrected chi connectivity index (χ1v) is 14.0. The van der Waals surface area contributed by atoms with Crippen LogP contribution in [0.1, 0.15) is 10.4 Å². The van der Waals surface area contributed by atoms with E-state index in [9.17, 15) is 4.79 Å². The minimum absolute atomic E-state index is 0.0238. The fourth-order valence-corrected chi connectivity index (χ4v) is 4.93. The summed E-state index contributed by atoms with van der Waals surface area (Å²) in [6.45, 7) is 0. The first-order chi connectivity index (χ1) is 17.3. The number of fused-ring (bicyclic) bond motifs is 1. The van der Waals surface area contributed by atoms with Crippen LogP contribution in [0.25, 0.3) is 16.2 Å². The maximum atomic E-state index is 11.2. The Balaban J connectivity index is 0.000000165. The summed E-state index contributed by atoms with van der Waals surface area (Å²) in [5, 5.41) is 12.1. The van der Waals surface area contributed by atoms with Crippen molar-refractivity contribution in [1.82, 2.24) is 34.8 Å². The number of nitrogens with zero attached hydrogens (tertiary/aromatic N) is 7. The monoisotopic (exact) mass is 718 g/mol. The number of rotatable bonds is 5. The van der Waals surface area contributed by atoms with Crippen molar-refractivity contribution in [2.75, 3.05) is 25.3 Å². The lowest BCUT2D eigenvalue weighted by Crippen LogP contribution is -2.00. The van der Waals surface area contributed by atoms with Gasteiger partial charge in [0.2, 0.25) is 21.9 Å². The number of nitrogens with two attached hydrogens (primary N) is 1. The third-order valence-corrected chi connectivity index (χ3v) is 7.11. The smallest absolute Gasteiger partial charge is 0.213 e. The summed E-state index contributed by atoms with van der Waals surface area (Å²) in [5.41, 5.74) is 7.63. The predicted molar refractivity (Wildman–Crippen MR) is 149 cm³/mol. The third-order valence-electron chi connectivity index (χ3n) is 4.06. The Morgan fingerprint density at radius 3 is 2.28 bits per heavy atom. The van der Waals surface area contributed by atoms with Crippen LogP contribution in [0, 0.1) is 0 Å². The molecule has 11 nitrogen and oxygen atoms in total. The molecule has 5 aromatic rings. The van der Waals surface area contributed by atoms with Crippen LogP contribution < -0.4 is 15.2 Å². The van der Waals surface area contributed by atoms with Gasteiger partial charge in [0.25, 0.3) is 0 Å². The quantitative estimate of drug-likeness (QED) is 0.191. The van der Waals surface area contributed by atoms with Crippen LogP contribution in [-0.2, 0) is 0 Å². The van der Waals surface area contributed by atoms with E-state index in [1.807, 2.05) is 18.3 Å². The number of nitrogen functional groups attached to an aromatic ring is 1. The molecule has 0 aliphatic carbocycles. The number of hydrogen-bond acceptors (Lipinski definition) is 12. The Bertz CT molecular complexity index is 1390. The van der Waals surface area contributed by atoms with E-state index < -0.39 is 0 Å². The zero-order chi connectivity index (χ0) is 26.1. The largest absolute Gasteiger partial charge is 0.481 e. The number of ketones is 1. The van der Waals surface area contributed by atoms with Gasteiger partial charge in [0, 0.05) is 35.7 Å². The number of carbonyl (C=O) groups excluding carboxylic acids is 1. The summed E-state index contributed by atoms with van der Waals surface area (Å²) in [5.74, 6) is 1.06. The highest BCUT2D eigenvalue weighted by atomic mass is 79.9. The van der Waals surface area contributed by atoms with E-state index in [0.717, 1.165) is 24.1 Å². The van der Waals surface area contributed by atoms with Gasteiger partial charge in [-0.05, 0) is 44.0 Å². The van der Waals surface area contributed by atoms with E-state index in [-0.39, 0.29) is 5.78 Å². The van der Waals surface area contributed by atoms with Crippen molar-refractivity contribution in [2.24, 2.45) is 0 Å². The number of Topliss-reactive ketones (excluding diaryl/α,β-unsaturated/α-hetero) is 1. The molecule has 36 heavy (non-hydrogen) atoms. The molecule has 16 heteroatoms. The summed E-state index contributed by atoms with van der Waals surface area (Å²) >= 11 is 12.3. The van der Waals surface area contributed by atoms with E-state index in [4.69, 9.17) is 15.2 Å². The standard InChI is InChI=1S/C10H7BrN4OS.C8H8BrNO2.C2H2BrN3S/c1-16-8-4-6(2-3-12-8)7-5-15-10(13-7)17-9(11)14-15;1-12-8-4-6(2-3-10-8)7(11)5-9;3-1-5-6-2(4)7-1/h2-5H,1H3;2-4H,5H2,1H3;(H2,4,6). The molecule has 0 fully saturated rings. The maximum absolute atomic E-state index is 11.2. The number of imidazole rings is 1. The summed E-state index contributed by atoms with van der Waals surface area (Å²) in [7, 11) is 3.11. The second-order valence-electron chi connectivity index (χ2n) is 6.33. The van der Waals surface area contributed by atoms with Crippen molar-refractivity contribution < 1.29 is 14.3 Å². The van der Waals surface area contributed by atoms with Gasteiger partial charge in [0.1, 0.15) is 0 Å². The number of hydrogen-bond donors (Lipinski definition) is 1. The van der Waals surface area contributed by atoms with Gasteiger partial charge < -0.3 is 15.2 Å². The number of pyridine rings is 2. The molecule has 0 aromatic carbocycles. The molecule has 5 aromatic heterocycles.